The van der Waals surface area contributed by atoms with Crippen LogP contribution in [0, 0.1) is 0 Å². The molecule has 0 aromatic rings. The van der Waals surface area contributed by atoms with Crippen molar-refractivity contribution in [3.63, 3.8) is 0 Å². The molecule has 3 N–H and O–H groups in total. The van der Waals surface area contributed by atoms with Gasteiger partial charge >= 0.3 is 5.97 Å². The van der Waals surface area contributed by atoms with Crippen molar-refractivity contribution >= 4 is 11.9 Å². The molecule has 0 aromatic heterocycles. The molecule has 0 heterocycles. The molecule has 0 saturated heterocycles. The topological polar surface area (TPSA) is 95.9 Å². The molecule has 422 valence electrons. The van der Waals surface area contributed by atoms with E-state index in [1.54, 1.807) is 0 Å². The minimum Gasteiger partial charge on any atom is -0.466 e. The summed E-state index contributed by atoms with van der Waals surface area (Å²) in [6.07, 6.45) is 73.7. The van der Waals surface area contributed by atoms with Gasteiger partial charge in [0.25, 0.3) is 0 Å². The molecule has 0 fully saturated rings. The molecule has 0 aliphatic heterocycles. The van der Waals surface area contributed by atoms with E-state index < -0.39 is 12.1 Å². The molecule has 0 aliphatic rings. The molecule has 0 aliphatic carbocycles. The van der Waals surface area contributed by atoms with E-state index in [9.17, 15) is 19.8 Å². The number of aliphatic hydroxyl groups excluding tert-OH is 2. The summed E-state index contributed by atoms with van der Waals surface area (Å²) < 4.78 is 5.48. The predicted octanol–water partition coefficient (Wildman–Crippen LogP) is 20.4. The van der Waals surface area contributed by atoms with E-state index in [1.165, 1.54) is 295 Å². The lowest BCUT2D eigenvalue weighted by Gasteiger charge is -2.22. The zero-order valence-corrected chi connectivity index (χ0v) is 48.2. The Labute approximate surface area is 444 Å². The van der Waals surface area contributed by atoms with E-state index in [1.807, 2.05) is 0 Å². The van der Waals surface area contributed by atoms with Crippen LogP contribution in [-0.2, 0) is 14.3 Å². The maximum atomic E-state index is 12.5. The Kier molecular flexibility index (Phi) is 59.9. The normalized spacial score (nSPS) is 12.6. The van der Waals surface area contributed by atoms with E-state index in [2.05, 4.69) is 31.3 Å². The van der Waals surface area contributed by atoms with Crippen LogP contribution >= 0.6 is 0 Å². The molecule has 0 radical (unpaired) electrons. The van der Waals surface area contributed by atoms with Gasteiger partial charge in [0.2, 0.25) is 5.91 Å². The van der Waals surface area contributed by atoms with Gasteiger partial charge in [-0.25, -0.2) is 0 Å². The van der Waals surface area contributed by atoms with Gasteiger partial charge in [-0.1, -0.05) is 315 Å². The molecule has 1 amide bonds. The zero-order chi connectivity index (χ0) is 51.4. The zero-order valence-electron chi connectivity index (χ0n) is 48.2. The van der Waals surface area contributed by atoms with Crippen molar-refractivity contribution in [3.05, 3.63) is 12.2 Å². The summed E-state index contributed by atoms with van der Waals surface area (Å²) in [5, 5.41) is 23.3. The number of nitrogens with one attached hydrogen (secondary N) is 1. The lowest BCUT2D eigenvalue weighted by atomic mass is 10.0. The second kappa shape index (κ2) is 61.1. The molecular formula is C65H127NO5. The van der Waals surface area contributed by atoms with Crippen LogP contribution in [0.2, 0.25) is 0 Å². The second-order valence-electron chi connectivity index (χ2n) is 22.5. The lowest BCUT2D eigenvalue weighted by Crippen LogP contribution is -2.45. The number of amides is 1. The van der Waals surface area contributed by atoms with Crippen LogP contribution in [0.25, 0.3) is 0 Å². The third-order valence-electron chi connectivity index (χ3n) is 15.3. The van der Waals surface area contributed by atoms with Gasteiger partial charge in [-0.2, -0.15) is 0 Å². The number of allylic oxidation sites excluding steroid dienone is 2. The van der Waals surface area contributed by atoms with Crippen LogP contribution in [0.1, 0.15) is 367 Å². The molecule has 6 heteroatoms. The summed E-state index contributed by atoms with van der Waals surface area (Å²) in [6.45, 7) is 4.98. The monoisotopic (exact) mass is 1000 g/mol. The average molecular weight is 1000 g/mol. The highest BCUT2D eigenvalue weighted by atomic mass is 16.5. The maximum absolute atomic E-state index is 12.5. The fraction of sp³-hybridized carbons (Fsp3) is 0.938. The lowest BCUT2D eigenvalue weighted by molar-refractivity contribution is -0.143. The number of hydrogen-bond acceptors (Lipinski definition) is 5. The summed E-state index contributed by atoms with van der Waals surface area (Å²) >= 11 is 0. The van der Waals surface area contributed by atoms with Gasteiger partial charge in [0.15, 0.2) is 0 Å². The molecule has 6 nitrogen and oxygen atoms in total. The van der Waals surface area contributed by atoms with Crippen LogP contribution in [0.5, 0.6) is 0 Å². The van der Waals surface area contributed by atoms with E-state index >= 15 is 0 Å². The SMILES string of the molecule is CCCCCCCCCCCCCCCCCCCC(O)C(CO)NC(=O)CCCCCCCCCCC/C=C\CCCCCCCCCCCCCCOC(=O)CCCCCCCCCCCCCC. The maximum Gasteiger partial charge on any atom is 0.305 e. The first-order valence-electron chi connectivity index (χ1n) is 32.4. The summed E-state index contributed by atoms with van der Waals surface area (Å²) in [5.41, 5.74) is 0. The van der Waals surface area contributed by atoms with Gasteiger partial charge in [0.05, 0.1) is 25.4 Å². The fourth-order valence-electron chi connectivity index (χ4n) is 10.3. The summed E-state index contributed by atoms with van der Waals surface area (Å²) in [7, 11) is 0. The van der Waals surface area contributed by atoms with Gasteiger partial charge in [0.1, 0.15) is 0 Å². The highest BCUT2D eigenvalue weighted by Crippen LogP contribution is 2.18. The molecule has 0 spiro atoms. The Bertz CT molecular complexity index is 1060. The van der Waals surface area contributed by atoms with Crippen LogP contribution in [0.3, 0.4) is 0 Å². The van der Waals surface area contributed by atoms with Gasteiger partial charge in [-0.05, 0) is 51.4 Å². The summed E-state index contributed by atoms with van der Waals surface area (Å²) in [5.74, 6) is -0.0198. The van der Waals surface area contributed by atoms with Crippen LogP contribution in [0.15, 0.2) is 12.2 Å². The van der Waals surface area contributed by atoms with Crippen molar-refractivity contribution in [1.29, 1.82) is 0 Å². The third kappa shape index (κ3) is 57.7. The number of esters is 1. The van der Waals surface area contributed by atoms with Gasteiger partial charge in [-0.15, -0.1) is 0 Å². The highest BCUT2D eigenvalue weighted by Gasteiger charge is 2.20. The van der Waals surface area contributed by atoms with Crippen molar-refractivity contribution in [2.75, 3.05) is 13.2 Å². The van der Waals surface area contributed by atoms with Gasteiger partial charge in [-0.3, -0.25) is 9.59 Å². The van der Waals surface area contributed by atoms with Crippen molar-refractivity contribution in [3.8, 4) is 0 Å². The number of aliphatic hydroxyl groups is 2. The summed E-state index contributed by atoms with van der Waals surface area (Å²) in [6, 6.07) is -0.543. The number of carbonyl (C=O) groups excluding carboxylic acids is 2. The van der Waals surface area contributed by atoms with E-state index in [0.717, 1.165) is 38.5 Å². The predicted molar refractivity (Wildman–Crippen MR) is 310 cm³/mol. The van der Waals surface area contributed by atoms with Crippen LogP contribution in [0.4, 0.5) is 0 Å². The van der Waals surface area contributed by atoms with Crippen molar-refractivity contribution < 1.29 is 24.5 Å². The standard InChI is InChI=1S/C65H127NO5/c1-3-5-7-9-11-13-15-17-18-28-31-34-37-41-45-49-53-57-63(68)62(61-67)66-64(69)58-54-50-46-42-38-35-32-29-26-24-22-20-19-21-23-25-27-30-33-36-40-44-48-52-56-60-71-65(70)59-55-51-47-43-39-16-14-12-10-8-6-4-2/h20,22,62-63,67-68H,3-19,21,23-61H2,1-2H3,(H,66,69)/b22-20-. The minimum absolute atomic E-state index is 0.0149. The molecular weight excluding hydrogens is 875 g/mol. The second-order valence-corrected chi connectivity index (χ2v) is 22.5. The summed E-state index contributed by atoms with van der Waals surface area (Å²) in [4.78, 5) is 24.5. The van der Waals surface area contributed by atoms with Crippen molar-refractivity contribution in [1.82, 2.24) is 5.32 Å². The molecule has 0 saturated carbocycles. The van der Waals surface area contributed by atoms with Crippen LogP contribution < -0.4 is 5.32 Å². The largest absolute Gasteiger partial charge is 0.466 e. The molecule has 0 rings (SSSR count). The molecule has 0 aromatic carbocycles. The molecule has 2 atom stereocenters. The van der Waals surface area contributed by atoms with Crippen LogP contribution in [-0.4, -0.2) is 47.4 Å². The van der Waals surface area contributed by atoms with E-state index in [-0.39, 0.29) is 18.5 Å². The number of rotatable bonds is 61. The first kappa shape index (κ1) is 69.6. The first-order valence-corrected chi connectivity index (χ1v) is 32.4. The van der Waals surface area contributed by atoms with Gasteiger partial charge < -0.3 is 20.3 Å². The van der Waals surface area contributed by atoms with E-state index in [4.69, 9.17) is 4.74 Å². The third-order valence-corrected chi connectivity index (χ3v) is 15.3. The number of hydrogen-bond donors (Lipinski definition) is 3. The Balaban J connectivity index is 3.39. The van der Waals surface area contributed by atoms with Crippen molar-refractivity contribution in [2.24, 2.45) is 0 Å². The fourth-order valence-corrected chi connectivity index (χ4v) is 10.3. The van der Waals surface area contributed by atoms with E-state index in [0.29, 0.717) is 25.9 Å². The molecule has 71 heavy (non-hydrogen) atoms. The minimum atomic E-state index is -0.666. The Morgan fingerprint density at radius 3 is 1.00 bits per heavy atom. The Morgan fingerprint density at radius 1 is 0.380 bits per heavy atom. The Hall–Kier alpha value is -1.40. The molecule has 0 bridgehead atoms. The molecule has 2 unspecified atom stereocenters. The first-order chi connectivity index (χ1) is 35.0. The quantitative estimate of drug-likeness (QED) is 0.0320. The highest BCUT2D eigenvalue weighted by molar-refractivity contribution is 5.76. The average Bonchev–Trinajstić information content (AvgIpc) is 3.37. The number of unbranched alkanes of at least 4 members (excludes halogenated alkanes) is 48. The number of carbonyl (C=O) groups is 2. The number of ether oxygens (including phenoxy) is 1. The smallest absolute Gasteiger partial charge is 0.305 e. The van der Waals surface area contributed by atoms with Gasteiger partial charge in [0, 0.05) is 12.8 Å². The Morgan fingerprint density at radius 2 is 0.662 bits per heavy atom. The van der Waals surface area contributed by atoms with Crippen molar-refractivity contribution in [2.45, 2.75) is 379 Å².